The van der Waals surface area contributed by atoms with Gasteiger partial charge in [0.2, 0.25) is 5.91 Å². The summed E-state index contributed by atoms with van der Waals surface area (Å²) in [7, 11) is 0. The van der Waals surface area contributed by atoms with E-state index in [0.29, 0.717) is 6.42 Å². The third-order valence-electron chi connectivity index (χ3n) is 5.75. The van der Waals surface area contributed by atoms with Crippen molar-refractivity contribution in [1.82, 2.24) is 15.0 Å². The number of para-hydroxylation sites is 1. The van der Waals surface area contributed by atoms with Crippen molar-refractivity contribution in [2.45, 2.75) is 110 Å². The molecule has 4 heteroatoms. The van der Waals surface area contributed by atoms with Crippen LogP contribution in [0, 0.1) is 0 Å². The molecule has 1 aromatic carbocycles. The highest BCUT2D eigenvalue weighted by atomic mass is 16.2. The zero-order chi connectivity index (χ0) is 21.3. The number of unbranched alkanes of at least 4 members (excludes halogenated alkanes) is 13. The molecular formula is C26H41N3O. The Hall–Kier alpha value is -1.97. The highest BCUT2D eigenvalue weighted by Gasteiger charge is 2.10. The minimum absolute atomic E-state index is 0.00862. The summed E-state index contributed by atoms with van der Waals surface area (Å²) in [4.78, 5) is 12.3. The molecule has 0 amide bonds. The van der Waals surface area contributed by atoms with Crippen molar-refractivity contribution in [2.75, 3.05) is 0 Å². The normalized spacial score (nSPS) is 11.6. The summed E-state index contributed by atoms with van der Waals surface area (Å²) in [6.45, 7) is 2.28. The van der Waals surface area contributed by atoms with Gasteiger partial charge in [-0.2, -0.15) is 4.68 Å². The maximum absolute atomic E-state index is 12.3. The van der Waals surface area contributed by atoms with Crippen LogP contribution in [0.15, 0.2) is 36.4 Å². The van der Waals surface area contributed by atoms with Crippen molar-refractivity contribution in [3.8, 4) is 0 Å². The van der Waals surface area contributed by atoms with Crippen LogP contribution in [0.25, 0.3) is 11.0 Å². The number of carbonyl (C=O) groups is 1. The monoisotopic (exact) mass is 411 g/mol. The van der Waals surface area contributed by atoms with Crippen LogP contribution in [-0.2, 0) is 0 Å². The van der Waals surface area contributed by atoms with E-state index in [1.165, 1.54) is 88.2 Å². The number of rotatable bonds is 17. The van der Waals surface area contributed by atoms with Crippen molar-refractivity contribution >= 4 is 16.9 Å². The molecular weight excluding hydrogens is 370 g/mol. The predicted molar refractivity (Wildman–Crippen MR) is 127 cm³/mol. The standard InChI is InChI=1S/C26H41N3O/c1-2-3-4-5-6-7-8-9-10-11-12-13-14-15-16-17-18-23-26(30)29-25-22-20-19-21-24(25)27-28-29/h16-17,19-22H,2-15,18,23H2,1H3/b17-16+. The maximum atomic E-state index is 12.3. The van der Waals surface area contributed by atoms with E-state index in [0.717, 1.165) is 23.9 Å². The molecule has 1 heterocycles. The van der Waals surface area contributed by atoms with Crippen molar-refractivity contribution in [2.24, 2.45) is 0 Å². The molecule has 30 heavy (non-hydrogen) atoms. The van der Waals surface area contributed by atoms with E-state index in [4.69, 9.17) is 0 Å². The molecule has 0 saturated heterocycles. The lowest BCUT2D eigenvalue weighted by Gasteiger charge is -2.02. The van der Waals surface area contributed by atoms with Crippen molar-refractivity contribution in [3.05, 3.63) is 36.4 Å². The van der Waals surface area contributed by atoms with Crippen LogP contribution >= 0.6 is 0 Å². The van der Waals surface area contributed by atoms with Gasteiger partial charge in [0.15, 0.2) is 0 Å². The molecule has 0 aliphatic rings. The summed E-state index contributed by atoms with van der Waals surface area (Å²) in [5.74, 6) is 0.00862. The second kappa shape index (κ2) is 15.8. The Balaban J connectivity index is 1.39. The zero-order valence-electron chi connectivity index (χ0n) is 19.0. The molecule has 166 valence electrons. The Kier molecular flexibility index (Phi) is 12.8. The smallest absolute Gasteiger partial charge is 0.249 e. The van der Waals surface area contributed by atoms with E-state index in [9.17, 15) is 4.79 Å². The van der Waals surface area contributed by atoms with E-state index in [1.54, 1.807) is 0 Å². The number of benzene rings is 1. The number of carbonyl (C=O) groups excluding carboxylic acids is 1. The number of nitrogens with zero attached hydrogens (tertiary/aromatic N) is 3. The minimum atomic E-state index is 0.00862. The van der Waals surface area contributed by atoms with Crippen LogP contribution in [0.4, 0.5) is 0 Å². The van der Waals surface area contributed by atoms with Gasteiger partial charge in [-0.25, -0.2) is 0 Å². The van der Waals surface area contributed by atoms with E-state index in [2.05, 4.69) is 29.4 Å². The van der Waals surface area contributed by atoms with Gasteiger partial charge < -0.3 is 0 Å². The quantitative estimate of drug-likeness (QED) is 0.196. The molecule has 4 nitrogen and oxygen atoms in total. The van der Waals surface area contributed by atoms with Gasteiger partial charge in [-0.15, -0.1) is 5.10 Å². The maximum Gasteiger partial charge on any atom is 0.249 e. The Morgan fingerprint density at radius 3 is 2.03 bits per heavy atom. The first-order valence-electron chi connectivity index (χ1n) is 12.3. The van der Waals surface area contributed by atoms with Crippen LogP contribution in [0.2, 0.25) is 0 Å². The SMILES string of the molecule is CCCCCCCCCCCCCCC/C=C/CCC(=O)n1nnc2ccccc21. The molecule has 0 N–H and O–H groups in total. The average Bonchev–Trinajstić information content (AvgIpc) is 3.20. The second-order valence-electron chi connectivity index (χ2n) is 8.43. The first-order chi connectivity index (χ1) is 14.8. The van der Waals surface area contributed by atoms with Crippen molar-refractivity contribution in [1.29, 1.82) is 0 Å². The van der Waals surface area contributed by atoms with Gasteiger partial charge in [0.25, 0.3) is 0 Å². The van der Waals surface area contributed by atoms with Gasteiger partial charge in [0, 0.05) is 6.42 Å². The second-order valence-corrected chi connectivity index (χ2v) is 8.43. The summed E-state index contributed by atoms with van der Waals surface area (Å²) >= 11 is 0. The molecule has 0 aliphatic heterocycles. The average molecular weight is 412 g/mol. The summed E-state index contributed by atoms with van der Waals surface area (Å²) in [6.07, 6.45) is 24.8. The third-order valence-corrected chi connectivity index (χ3v) is 5.75. The van der Waals surface area contributed by atoms with Crippen LogP contribution < -0.4 is 0 Å². The summed E-state index contributed by atoms with van der Waals surface area (Å²) in [5, 5.41) is 8.02. The molecule has 2 aromatic rings. The summed E-state index contributed by atoms with van der Waals surface area (Å²) in [6, 6.07) is 7.58. The Morgan fingerprint density at radius 1 is 0.800 bits per heavy atom. The molecule has 0 saturated carbocycles. The largest absolute Gasteiger partial charge is 0.272 e. The highest BCUT2D eigenvalue weighted by Crippen LogP contribution is 2.13. The van der Waals surface area contributed by atoms with Crippen LogP contribution in [0.1, 0.15) is 114 Å². The lowest BCUT2D eigenvalue weighted by atomic mass is 10.0. The van der Waals surface area contributed by atoms with Gasteiger partial charge in [-0.1, -0.05) is 113 Å². The molecule has 1 aromatic heterocycles. The minimum Gasteiger partial charge on any atom is -0.272 e. The van der Waals surface area contributed by atoms with Gasteiger partial charge in [-0.3, -0.25) is 4.79 Å². The third kappa shape index (κ3) is 9.69. The lowest BCUT2D eigenvalue weighted by molar-refractivity contribution is 0.0891. The van der Waals surface area contributed by atoms with Crippen molar-refractivity contribution < 1.29 is 4.79 Å². The molecule has 0 fully saturated rings. The predicted octanol–water partition coefficient (Wildman–Crippen LogP) is 7.89. The first kappa shape index (κ1) is 24.3. The van der Waals surface area contributed by atoms with Crippen LogP contribution in [-0.4, -0.2) is 20.9 Å². The lowest BCUT2D eigenvalue weighted by Crippen LogP contribution is -2.11. The number of aromatic nitrogens is 3. The van der Waals surface area contributed by atoms with E-state index < -0.39 is 0 Å². The van der Waals surface area contributed by atoms with Gasteiger partial charge in [-0.05, 0) is 31.4 Å². The highest BCUT2D eigenvalue weighted by molar-refractivity contribution is 5.88. The molecule has 0 bridgehead atoms. The molecule has 2 rings (SSSR count). The number of hydrogen-bond acceptors (Lipinski definition) is 3. The van der Waals surface area contributed by atoms with Crippen LogP contribution in [0.5, 0.6) is 0 Å². The number of allylic oxidation sites excluding steroid dienone is 2. The van der Waals surface area contributed by atoms with Gasteiger partial charge in [0.1, 0.15) is 5.52 Å². The fourth-order valence-electron chi connectivity index (χ4n) is 3.88. The number of fused-ring (bicyclic) bond motifs is 1. The molecule has 0 radical (unpaired) electrons. The number of hydrogen-bond donors (Lipinski definition) is 0. The van der Waals surface area contributed by atoms with E-state index in [1.807, 2.05) is 24.3 Å². The molecule has 0 atom stereocenters. The molecule has 0 spiro atoms. The van der Waals surface area contributed by atoms with Crippen LogP contribution in [0.3, 0.4) is 0 Å². The van der Waals surface area contributed by atoms with Gasteiger partial charge >= 0.3 is 0 Å². The zero-order valence-corrected chi connectivity index (χ0v) is 19.0. The topological polar surface area (TPSA) is 47.8 Å². The van der Waals surface area contributed by atoms with Gasteiger partial charge in [0.05, 0.1) is 5.52 Å². The molecule has 0 unspecified atom stereocenters. The van der Waals surface area contributed by atoms with E-state index in [-0.39, 0.29) is 5.91 Å². The van der Waals surface area contributed by atoms with Crippen molar-refractivity contribution in [3.63, 3.8) is 0 Å². The Labute approximate surface area is 183 Å². The van der Waals surface area contributed by atoms with E-state index >= 15 is 0 Å². The first-order valence-corrected chi connectivity index (χ1v) is 12.3. The Bertz CT molecular complexity index is 735. The fraction of sp³-hybridized carbons (Fsp3) is 0.654. The molecule has 0 aliphatic carbocycles. The summed E-state index contributed by atoms with van der Waals surface area (Å²) in [5.41, 5.74) is 1.56. The fourth-order valence-corrected chi connectivity index (χ4v) is 3.88. The Morgan fingerprint density at radius 2 is 1.37 bits per heavy atom. The summed E-state index contributed by atoms with van der Waals surface area (Å²) < 4.78 is 1.43.